The van der Waals surface area contributed by atoms with Gasteiger partial charge in [-0.25, -0.2) is 4.39 Å². The van der Waals surface area contributed by atoms with Crippen LogP contribution in [0.5, 0.6) is 5.75 Å². The van der Waals surface area contributed by atoms with Crippen LogP contribution in [0.4, 0.5) is 4.39 Å². The Hall–Kier alpha value is -2.04. The van der Waals surface area contributed by atoms with Crippen molar-refractivity contribution in [2.75, 3.05) is 13.7 Å². The Kier molecular flexibility index (Phi) is 3.74. The zero-order chi connectivity index (χ0) is 16.8. The minimum Gasteiger partial charge on any atom is -0.496 e. The average Bonchev–Trinajstić information content (AvgIpc) is 2.95. The van der Waals surface area contributed by atoms with Crippen molar-refractivity contribution in [1.82, 2.24) is 10.3 Å². The van der Waals surface area contributed by atoms with E-state index in [2.05, 4.69) is 10.3 Å². The minimum absolute atomic E-state index is 0.0581. The van der Waals surface area contributed by atoms with Crippen LogP contribution in [0.25, 0.3) is 10.9 Å². The van der Waals surface area contributed by atoms with E-state index in [1.54, 1.807) is 19.2 Å². The van der Waals surface area contributed by atoms with E-state index in [9.17, 15) is 4.39 Å². The molecular weight excluding hydrogens is 327 g/mol. The molecule has 0 amide bonds. The van der Waals surface area contributed by atoms with Gasteiger partial charge in [0.1, 0.15) is 11.6 Å². The normalized spacial score (nSPS) is 17.1. The summed E-state index contributed by atoms with van der Waals surface area (Å²) in [6.07, 6.45) is 0.858. The Morgan fingerprint density at radius 3 is 2.88 bits per heavy atom. The number of methoxy groups -OCH3 is 1. The van der Waals surface area contributed by atoms with Crippen molar-refractivity contribution in [1.29, 1.82) is 0 Å². The highest BCUT2D eigenvalue weighted by Crippen LogP contribution is 2.39. The molecule has 4 rings (SSSR count). The summed E-state index contributed by atoms with van der Waals surface area (Å²) >= 11 is 6.35. The topological polar surface area (TPSA) is 37.0 Å². The van der Waals surface area contributed by atoms with E-state index in [0.29, 0.717) is 5.02 Å². The lowest BCUT2D eigenvalue weighted by atomic mass is 9.93. The van der Waals surface area contributed by atoms with Gasteiger partial charge in [-0.3, -0.25) is 0 Å². The summed E-state index contributed by atoms with van der Waals surface area (Å²) in [7, 11) is 1.66. The van der Waals surface area contributed by atoms with Gasteiger partial charge in [0.05, 0.1) is 13.2 Å². The second kappa shape index (κ2) is 5.80. The molecule has 0 fully saturated rings. The second-order valence-corrected chi connectivity index (χ2v) is 6.59. The van der Waals surface area contributed by atoms with Crippen LogP contribution in [-0.2, 0) is 6.42 Å². The molecule has 2 N–H and O–H groups in total. The molecule has 1 aromatic heterocycles. The molecule has 1 aliphatic heterocycles. The number of benzene rings is 2. The van der Waals surface area contributed by atoms with Gasteiger partial charge in [0.25, 0.3) is 0 Å². The highest BCUT2D eigenvalue weighted by atomic mass is 35.5. The van der Waals surface area contributed by atoms with E-state index in [0.717, 1.165) is 52.0 Å². The number of aromatic amines is 1. The zero-order valence-corrected chi connectivity index (χ0v) is 14.3. The van der Waals surface area contributed by atoms with Crippen LogP contribution in [0.1, 0.15) is 28.4 Å². The number of aromatic nitrogens is 1. The summed E-state index contributed by atoms with van der Waals surface area (Å²) in [6, 6.07) is 8.73. The molecule has 2 heterocycles. The summed E-state index contributed by atoms with van der Waals surface area (Å²) in [6.45, 7) is 2.77. The van der Waals surface area contributed by atoms with Crippen LogP contribution in [0, 0.1) is 12.7 Å². The molecule has 3 aromatic rings. The standard InChI is InChI=1S/C19H18ClFN2O/c1-10-7-17(24-2)14(9-15(10)20)18-19-12(5-6-22-18)13-8-11(21)3-4-16(13)23-19/h3-4,7-9,18,22-23H,5-6H2,1-2H3. The maximum absolute atomic E-state index is 13.7. The van der Waals surface area contributed by atoms with Crippen molar-refractivity contribution < 1.29 is 9.13 Å². The molecule has 0 saturated heterocycles. The van der Waals surface area contributed by atoms with Gasteiger partial charge in [0.2, 0.25) is 0 Å². The van der Waals surface area contributed by atoms with Crippen molar-refractivity contribution in [3.05, 3.63) is 63.6 Å². The second-order valence-electron chi connectivity index (χ2n) is 6.19. The van der Waals surface area contributed by atoms with Gasteiger partial charge in [0.15, 0.2) is 0 Å². The van der Waals surface area contributed by atoms with E-state index in [1.807, 2.05) is 19.1 Å². The summed E-state index contributed by atoms with van der Waals surface area (Å²) in [5.41, 5.74) is 5.13. The van der Waals surface area contributed by atoms with Crippen molar-refractivity contribution in [3.8, 4) is 5.75 Å². The SMILES string of the molecule is COc1cc(C)c(Cl)cc1C1NCCc2c1[nH]c1ccc(F)cc21. The first-order valence-electron chi connectivity index (χ1n) is 7.96. The number of rotatable bonds is 2. The molecule has 0 bridgehead atoms. The van der Waals surface area contributed by atoms with Crippen molar-refractivity contribution in [2.24, 2.45) is 0 Å². The summed E-state index contributed by atoms with van der Waals surface area (Å²) in [5, 5.41) is 5.19. The molecule has 0 radical (unpaired) electrons. The number of hydrogen-bond donors (Lipinski definition) is 2. The Labute approximate surface area is 144 Å². The number of ether oxygens (including phenoxy) is 1. The number of fused-ring (bicyclic) bond motifs is 3. The van der Waals surface area contributed by atoms with Crippen LogP contribution in [0.2, 0.25) is 5.02 Å². The first-order valence-corrected chi connectivity index (χ1v) is 8.33. The monoisotopic (exact) mass is 344 g/mol. The molecule has 0 spiro atoms. The number of aryl methyl sites for hydroxylation is 1. The zero-order valence-electron chi connectivity index (χ0n) is 13.5. The fourth-order valence-electron chi connectivity index (χ4n) is 3.54. The number of hydrogen-bond acceptors (Lipinski definition) is 2. The predicted octanol–water partition coefficient (Wildman–Crippen LogP) is 4.51. The molecule has 2 aromatic carbocycles. The Morgan fingerprint density at radius 1 is 1.25 bits per heavy atom. The molecule has 124 valence electrons. The Balaban J connectivity index is 1.91. The first-order chi connectivity index (χ1) is 11.6. The van der Waals surface area contributed by atoms with Crippen molar-refractivity contribution in [2.45, 2.75) is 19.4 Å². The predicted molar refractivity (Wildman–Crippen MR) is 94.5 cm³/mol. The molecule has 1 unspecified atom stereocenters. The molecule has 24 heavy (non-hydrogen) atoms. The Bertz CT molecular complexity index is 935. The fraction of sp³-hybridized carbons (Fsp3) is 0.263. The van der Waals surface area contributed by atoms with E-state index in [1.165, 1.54) is 6.07 Å². The molecular formula is C19H18ClFN2O. The number of halogens is 2. The number of H-pyrrole nitrogens is 1. The smallest absolute Gasteiger partial charge is 0.124 e. The van der Waals surface area contributed by atoms with Gasteiger partial charge in [-0.15, -0.1) is 0 Å². The van der Waals surface area contributed by atoms with E-state index in [-0.39, 0.29) is 11.9 Å². The van der Waals surface area contributed by atoms with Crippen LogP contribution in [-0.4, -0.2) is 18.6 Å². The van der Waals surface area contributed by atoms with E-state index < -0.39 is 0 Å². The highest BCUT2D eigenvalue weighted by molar-refractivity contribution is 6.31. The summed E-state index contributed by atoms with van der Waals surface area (Å²) < 4.78 is 19.2. The maximum Gasteiger partial charge on any atom is 0.124 e. The van der Waals surface area contributed by atoms with E-state index >= 15 is 0 Å². The lowest BCUT2D eigenvalue weighted by Gasteiger charge is -2.26. The van der Waals surface area contributed by atoms with Crippen LogP contribution in [0.15, 0.2) is 30.3 Å². The van der Waals surface area contributed by atoms with Crippen LogP contribution in [0.3, 0.4) is 0 Å². The van der Waals surface area contributed by atoms with Gasteiger partial charge in [-0.05, 0) is 54.8 Å². The third-order valence-corrected chi connectivity index (χ3v) is 5.14. The van der Waals surface area contributed by atoms with Gasteiger partial charge in [-0.1, -0.05) is 11.6 Å². The van der Waals surface area contributed by atoms with Gasteiger partial charge < -0.3 is 15.0 Å². The number of nitrogens with one attached hydrogen (secondary N) is 2. The largest absolute Gasteiger partial charge is 0.496 e. The van der Waals surface area contributed by atoms with E-state index in [4.69, 9.17) is 16.3 Å². The highest BCUT2D eigenvalue weighted by Gasteiger charge is 2.28. The van der Waals surface area contributed by atoms with Gasteiger partial charge >= 0.3 is 0 Å². The summed E-state index contributed by atoms with van der Waals surface area (Å²) in [5.74, 6) is 0.586. The molecule has 1 aliphatic rings. The van der Waals surface area contributed by atoms with Gasteiger partial charge in [-0.2, -0.15) is 0 Å². The minimum atomic E-state index is -0.213. The van der Waals surface area contributed by atoms with Crippen molar-refractivity contribution in [3.63, 3.8) is 0 Å². The van der Waals surface area contributed by atoms with Crippen molar-refractivity contribution >= 4 is 22.5 Å². The lowest BCUT2D eigenvalue weighted by Crippen LogP contribution is -2.30. The van der Waals surface area contributed by atoms with Crippen LogP contribution >= 0.6 is 11.6 Å². The third kappa shape index (κ3) is 2.38. The quantitative estimate of drug-likeness (QED) is 0.717. The Morgan fingerprint density at radius 2 is 2.08 bits per heavy atom. The fourth-order valence-corrected chi connectivity index (χ4v) is 3.71. The molecule has 0 saturated carbocycles. The van der Waals surface area contributed by atoms with Crippen LogP contribution < -0.4 is 10.1 Å². The molecule has 1 atom stereocenters. The summed E-state index contributed by atoms with van der Waals surface area (Å²) in [4.78, 5) is 3.45. The molecule has 3 nitrogen and oxygen atoms in total. The molecule has 0 aliphatic carbocycles. The maximum atomic E-state index is 13.7. The lowest BCUT2D eigenvalue weighted by molar-refractivity contribution is 0.401. The average molecular weight is 345 g/mol. The first kappa shape index (κ1) is 15.5. The molecule has 5 heteroatoms. The third-order valence-electron chi connectivity index (χ3n) is 4.74. The van der Waals surface area contributed by atoms with Gasteiger partial charge in [0, 0.05) is 33.7 Å².